The summed E-state index contributed by atoms with van der Waals surface area (Å²) < 4.78 is 5.39. The van der Waals surface area contributed by atoms with Gasteiger partial charge in [0.25, 0.3) is 0 Å². The summed E-state index contributed by atoms with van der Waals surface area (Å²) in [6.45, 7) is 9.32. The molecule has 2 heteroatoms. The molecule has 1 N–H and O–H groups in total. The van der Waals surface area contributed by atoms with Crippen LogP contribution in [0, 0.1) is 11.3 Å². The van der Waals surface area contributed by atoms with Gasteiger partial charge in [0.15, 0.2) is 0 Å². The second-order valence-electron chi connectivity index (χ2n) is 8.87. The minimum atomic E-state index is 0.254. The van der Waals surface area contributed by atoms with Crippen LogP contribution in [0.5, 0.6) is 5.75 Å². The van der Waals surface area contributed by atoms with Crippen LogP contribution in [-0.2, 0) is 19.3 Å². The van der Waals surface area contributed by atoms with Crippen LogP contribution in [-0.4, -0.2) is 14.2 Å². The number of benzene rings is 2. The number of hydrogen-bond donors (Lipinski definition) is 1. The second-order valence-corrected chi connectivity index (χ2v) is 8.87. The highest BCUT2D eigenvalue weighted by atomic mass is 16.5. The zero-order valence-corrected chi connectivity index (χ0v) is 17.1. The Labute approximate surface area is 159 Å². The summed E-state index contributed by atoms with van der Waals surface area (Å²) in [6.07, 6.45) is 3.48. The highest BCUT2D eigenvalue weighted by molar-refractivity contribution is 5.54. The van der Waals surface area contributed by atoms with Crippen molar-refractivity contribution in [1.82, 2.24) is 0 Å². The largest absolute Gasteiger partial charge is 0.497 e. The third kappa shape index (κ3) is 3.90. The summed E-state index contributed by atoms with van der Waals surface area (Å²) >= 11 is 0. The molecular formula is C24H33NO. The number of hydrogen-bond acceptors (Lipinski definition) is 2. The van der Waals surface area contributed by atoms with E-state index in [-0.39, 0.29) is 5.41 Å². The summed E-state index contributed by atoms with van der Waals surface area (Å²) in [5.41, 5.74) is 7.37. The first-order valence-electron chi connectivity index (χ1n) is 9.78. The van der Waals surface area contributed by atoms with Gasteiger partial charge in [-0.05, 0) is 77.0 Å². The van der Waals surface area contributed by atoms with Gasteiger partial charge in [-0.25, -0.2) is 0 Å². The maximum atomic E-state index is 5.39. The monoisotopic (exact) mass is 351 g/mol. The first kappa shape index (κ1) is 18.8. The third-order valence-corrected chi connectivity index (χ3v) is 6.11. The van der Waals surface area contributed by atoms with Crippen LogP contribution in [0.25, 0.3) is 0 Å². The molecule has 2 atom stereocenters. The van der Waals surface area contributed by atoms with E-state index in [2.05, 4.69) is 69.4 Å². The van der Waals surface area contributed by atoms with E-state index >= 15 is 0 Å². The van der Waals surface area contributed by atoms with Crippen LogP contribution >= 0.6 is 0 Å². The Morgan fingerprint density at radius 1 is 1.08 bits per heavy atom. The van der Waals surface area contributed by atoms with Crippen LogP contribution in [0.4, 0.5) is 5.69 Å². The van der Waals surface area contributed by atoms with Crippen molar-refractivity contribution in [2.75, 3.05) is 19.5 Å². The number of methoxy groups -OCH3 is 1. The van der Waals surface area contributed by atoms with Crippen LogP contribution in [0.3, 0.4) is 0 Å². The molecule has 1 aliphatic carbocycles. The van der Waals surface area contributed by atoms with E-state index in [1.165, 1.54) is 34.4 Å². The van der Waals surface area contributed by atoms with Gasteiger partial charge >= 0.3 is 0 Å². The van der Waals surface area contributed by atoms with Crippen LogP contribution in [0.15, 0.2) is 36.4 Å². The average molecular weight is 352 g/mol. The Hall–Kier alpha value is -1.96. The average Bonchev–Trinajstić information content (AvgIpc) is 3.01. The first-order chi connectivity index (χ1) is 12.3. The second kappa shape index (κ2) is 7.34. The predicted octanol–water partition coefficient (Wildman–Crippen LogP) is 5.84. The van der Waals surface area contributed by atoms with Crippen LogP contribution < -0.4 is 10.1 Å². The Morgan fingerprint density at radius 3 is 2.46 bits per heavy atom. The Kier molecular flexibility index (Phi) is 5.32. The highest BCUT2D eigenvalue weighted by Crippen LogP contribution is 2.39. The molecule has 26 heavy (non-hydrogen) atoms. The standard InChI is InChI=1S/C24H33NO/c1-16(24(2,3)4)22-14-17(7-10-23(22)25-5)11-18-12-19-8-9-21(26-6)15-20(19)13-18/h7-10,14-16,18,25H,11-13H2,1-6H3. The van der Waals surface area contributed by atoms with Crippen molar-refractivity contribution in [1.29, 1.82) is 0 Å². The van der Waals surface area contributed by atoms with Crippen molar-refractivity contribution in [3.63, 3.8) is 0 Å². The predicted molar refractivity (Wildman–Crippen MR) is 111 cm³/mol. The van der Waals surface area contributed by atoms with Gasteiger partial charge in [0.2, 0.25) is 0 Å². The normalized spacial score (nSPS) is 17.7. The molecule has 0 bridgehead atoms. The lowest BCUT2D eigenvalue weighted by Gasteiger charge is -2.30. The molecule has 3 rings (SSSR count). The molecule has 140 valence electrons. The van der Waals surface area contributed by atoms with Crippen molar-refractivity contribution in [2.45, 2.75) is 52.9 Å². The quantitative estimate of drug-likeness (QED) is 0.730. The van der Waals surface area contributed by atoms with Gasteiger partial charge in [0.05, 0.1) is 7.11 Å². The number of anilines is 1. The minimum absolute atomic E-state index is 0.254. The van der Waals surface area contributed by atoms with Gasteiger partial charge in [-0.1, -0.05) is 45.9 Å². The molecule has 2 nitrogen and oxygen atoms in total. The van der Waals surface area contributed by atoms with Gasteiger partial charge in [-0.3, -0.25) is 0 Å². The Balaban J connectivity index is 1.79. The lowest BCUT2D eigenvalue weighted by molar-refractivity contribution is 0.340. The molecule has 0 saturated carbocycles. The van der Waals surface area contributed by atoms with Crippen molar-refractivity contribution >= 4 is 5.69 Å². The first-order valence-corrected chi connectivity index (χ1v) is 9.78. The third-order valence-electron chi connectivity index (χ3n) is 6.11. The van der Waals surface area contributed by atoms with E-state index in [4.69, 9.17) is 4.74 Å². The molecule has 0 spiro atoms. The van der Waals surface area contributed by atoms with E-state index < -0.39 is 0 Å². The maximum absolute atomic E-state index is 5.39. The van der Waals surface area contributed by atoms with Crippen molar-refractivity contribution < 1.29 is 4.74 Å². The number of nitrogens with one attached hydrogen (secondary N) is 1. The zero-order valence-electron chi connectivity index (χ0n) is 17.1. The Bertz CT molecular complexity index is 772. The molecule has 1 aliphatic rings. The van der Waals surface area contributed by atoms with Gasteiger partial charge in [-0.2, -0.15) is 0 Å². The molecule has 2 aromatic rings. The number of fused-ring (bicyclic) bond motifs is 1. The fraction of sp³-hybridized carbons (Fsp3) is 0.500. The van der Waals surface area contributed by atoms with Crippen molar-refractivity contribution in [2.24, 2.45) is 11.3 Å². The fourth-order valence-corrected chi connectivity index (χ4v) is 4.08. The molecule has 2 aromatic carbocycles. The topological polar surface area (TPSA) is 21.3 Å². The molecule has 0 aromatic heterocycles. The van der Waals surface area contributed by atoms with Crippen molar-refractivity contribution in [3.05, 3.63) is 58.7 Å². The zero-order chi connectivity index (χ0) is 18.9. The summed E-state index contributed by atoms with van der Waals surface area (Å²) in [5, 5.41) is 3.38. The molecule has 0 fully saturated rings. The van der Waals surface area contributed by atoms with E-state index in [1.807, 2.05) is 7.05 Å². The lowest BCUT2D eigenvalue weighted by atomic mass is 9.76. The fourth-order valence-electron chi connectivity index (χ4n) is 4.08. The molecule has 0 amide bonds. The lowest BCUT2D eigenvalue weighted by Crippen LogP contribution is -2.17. The van der Waals surface area contributed by atoms with E-state index in [1.54, 1.807) is 7.11 Å². The smallest absolute Gasteiger partial charge is 0.119 e. The molecule has 0 saturated heterocycles. The number of ether oxygens (including phenoxy) is 1. The minimum Gasteiger partial charge on any atom is -0.497 e. The van der Waals surface area contributed by atoms with Crippen LogP contribution in [0.2, 0.25) is 0 Å². The van der Waals surface area contributed by atoms with E-state index in [0.29, 0.717) is 11.8 Å². The molecular weight excluding hydrogens is 318 g/mol. The summed E-state index contributed by atoms with van der Waals surface area (Å²) in [7, 11) is 3.77. The highest BCUT2D eigenvalue weighted by Gasteiger charge is 2.26. The number of rotatable bonds is 5. The molecule has 2 unspecified atom stereocenters. The van der Waals surface area contributed by atoms with E-state index in [9.17, 15) is 0 Å². The van der Waals surface area contributed by atoms with Gasteiger partial charge in [-0.15, -0.1) is 0 Å². The SMILES string of the molecule is CNc1ccc(CC2Cc3ccc(OC)cc3C2)cc1C(C)C(C)(C)C. The molecule has 0 heterocycles. The maximum Gasteiger partial charge on any atom is 0.119 e. The Morgan fingerprint density at radius 2 is 1.81 bits per heavy atom. The van der Waals surface area contributed by atoms with E-state index in [0.717, 1.165) is 18.6 Å². The van der Waals surface area contributed by atoms with Gasteiger partial charge in [0, 0.05) is 12.7 Å². The van der Waals surface area contributed by atoms with Gasteiger partial charge in [0.1, 0.15) is 5.75 Å². The summed E-state index contributed by atoms with van der Waals surface area (Å²) in [6, 6.07) is 13.5. The van der Waals surface area contributed by atoms with Gasteiger partial charge < -0.3 is 10.1 Å². The molecule has 0 aliphatic heterocycles. The summed E-state index contributed by atoms with van der Waals surface area (Å²) in [4.78, 5) is 0. The van der Waals surface area contributed by atoms with Crippen molar-refractivity contribution in [3.8, 4) is 5.75 Å². The summed E-state index contributed by atoms with van der Waals surface area (Å²) in [5.74, 6) is 2.18. The van der Waals surface area contributed by atoms with Crippen LogP contribution in [0.1, 0.15) is 55.9 Å². The molecule has 0 radical (unpaired) electrons.